The second-order valence-corrected chi connectivity index (χ2v) is 7.01. The number of sulfonamides is 1. The average Bonchev–Trinajstić information content (AvgIpc) is 2.42. The number of hydrogen-bond donors (Lipinski definition) is 2. The number of carboxylic acids is 1. The van der Waals surface area contributed by atoms with Gasteiger partial charge in [-0.2, -0.15) is 0 Å². The van der Waals surface area contributed by atoms with Gasteiger partial charge in [0.15, 0.2) is 0 Å². The SMILES string of the molecule is Cc1ccc(S(=O)(=O)Nc2ccc(Cl)c(Cl)c2)cc1C(=O)O. The number of rotatable bonds is 4. The maximum absolute atomic E-state index is 12.3. The Morgan fingerprint density at radius 2 is 1.77 bits per heavy atom. The largest absolute Gasteiger partial charge is 0.478 e. The van der Waals surface area contributed by atoms with Crippen LogP contribution in [0.5, 0.6) is 0 Å². The number of carboxylic acid groups (broad SMARTS) is 1. The lowest BCUT2D eigenvalue weighted by molar-refractivity contribution is 0.0696. The van der Waals surface area contributed by atoms with Gasteiger partial charge in [0, 0.05) is 0 Å². The van der Waals surface area contributed by atoms with Gasteiger partial charge in [0.2, 0.25) is 0 Å². The first-order valence-corrected chi connectivity index (χ1v) is 8.26. The molecule has 0 spiro atoms. The fourth-order valence-corrected chi connectivity index (χ4v) is 3.15. The highest BCUT2D eigenvalue weighted by molar-refractivity contribution is 7.92. The van der Waals surface area contributed by atoms with E-state index in [1.54, 1.807) is 6.92 Å². The quantitative estimate of drug-likeness (QED) is 0.869. The smallest absolute Gasteiger partial charge is 0.335 e. The summed E-state index contributed by atoms with van der Waals surface area (Å²) >= 11 is 11.6. The normalized spacial score (nSPS) is 11.2. The molecule has 0 saturated carbocycles. The monoisotopic (exact) mass is 359 g/mol. The van der Waals surface area contributed by atoms with E-state index < -0.39 is 16.0 Å². The van der Waals surface area contributed by atoms with Crippen LogP contribution in [0.1, 0.15) is 15.9 Å². The molecule has 0 atom stereocenters. The summed E-state index contributed by atoms with van der Waals surface area (Å²) in [5.41, 5.74) is 0.629. The Hall–Kier alpha value is -1.76. The van der Waals surface area contributed by atoms with E-state index in [4.69, 9.17) is 28.3 Å². The van der Waals surface area contributed by atoms with Crippen molar-refractivity contribution in [1.29, 1.82) is 0 Å². The van der Waals surface area contributed by atoms with Gasteiger partial charge in [-0.3, -0.25) is 4.72 Å². The Bertz CT molecular complexity index is 850. The molecule has 8 heteroatoms. The van der Waals surface area contributed by atoms with Crippen LogP contribution in [0.4, 0.5) is 5.69 Å². The molecule has 0 heterocycles. The van der Waals surface area contributed by atoms with Gasteiger partial charge in [0.1, 0.15) is 0 Å². The topological polar surface area (TPSA) is 83.5 Å². The highest BCUT2D eigenvalue weighted by Crippen LogP contribution is 2.27. The van der Waals surface area contributed by atoms with Crippen molar-refractivity contribution in [3.8, 4) is 0 Å². The lowest BCUT2D eigenvalue weighted by Crippen LogP contribution is -2.14. The highest BCUT2D eigenvalue weighted by Gasteiger charge is 2.18. The first-order chi connectivity index (χ1) is 10.2. The Labute approximate surface area is 137 Å². The summed E-state index contributed by atoms with van der Waals surface area (Å²) in [5, 5.41) is 9.57. The van der Waals surface area contributed by atoms with Gasteiger partial charge in [-0.25, -0.2) is 13.2 Å². The van der Waals surface area contributed by atoms with Crippen molar-refractivity contribution in [2.45, 2.75) is 11.8 Å². The third-order valence-corrected chi connectivity index (χ3v) is 5.04. The van der Waals surface area contributed by atoms with E-state index in [0.29, 0.717) is 10.6 Å². The molecular formula is C14H11Cl2NO4S. The van der Waals surface area contributed by atoms with Crippen LogP contribution in [-0.4, -0.2) is 19.5 Å². The second-order valence-electron chi connectivity index (χ2n) is 4.52. The summed E-state index contributed by atoms with van der Waals surface area (Å²) in [6.45, 7) is 1.59. The fourth-order valence-electron chi connectivity index (χ4n) is 1.77. The number of aryl methyl sites for hydroxylation is 1. The molecule has 0 saturated heterocycles. The van der Waals surface area contributed by atoms with E-state index in [1.165, 1.54) is 30.3 Å². The van der Waals surface area contributed by atoms with Crippen molar-refractivity contribution in [1.82, 2.24) is 0 Å². The molecule has 0 unspecified atom stereocenters. The van der Waals surface area contributed by atoms with Crippen LogP contribution in [0.25, 0.3) is 0 Å². The van der Waals surface area contributed by atoms with Gasteiger partial charge >= 0.3 is 5.97 Å². The predicted molar refractivity (Wildman–Crippen MR) is 85.4 cm³/mol. The molecule has 0 bridgehead atoms. The molecule has 0 aliphatic carbocycles. The Morgan fingerprint density at radius 3 is 2.36 bits per heavy atom. The Morgan fingerprint density at radius 1 is 1.09 bits per heavy atom. The molecule has 0 aromatic heterocycles. The van der Waals surface area contributed by atoms with Crippen molar-refractivity contribution < 1.29 is 18.3 Å². The van der Waals surface area contributed by atoms with Gasteiger partial charge in [-0.05, 0) is 42.8 Å². The van der Waals surface area contributed by atoms with Crippen LogP contribution in [0, 0.1) is 6.92 Å². The van der Waals surface area contributed by atoms with Gasteiger partial charge in [-0.1, -0.05) is 29.3 Å². The Balaban J connectivity index is 2.40. The van der Waals surface area contributed by atoms with Crippen LogP contribution >= 0.6 is 23.2 Å². The molecule has 0 aliphatic rings. The van der Waals surface area contributed by atoms with Crippen LogP contribution in [0.15, 0.2) is 41.3 Å². The maximum Gasteiger partial charge on any atom is 0.335 e. The standard InChI is InChI=1S/C14H11Cl2NO4S/c1-8-2-4-10(7-11(8)14(18)19)22(20,21)17-9-3-5-12(15)13(16)6-9/h2-7,17H,1H3,(H,18,19). The average molecular weight is 360 g/mol. The molecule has 0 aliphatic heterocycles. The molecule has 0 fully saturated rings. The molecule has 2 aromatic rings. The lowest BCUT2D eigenvalue weighted by atomic mass is 10.1. The summed E-state index contributed by atoms with van der Waals surface area (Å²) in [4.78, 5) is 10.9. The third kappa shape index (κ3) is 3.52. The zero-order valence-corrected chi connectivity index (χ0v) is 13.6. The second kappa shape index (κ2) is 6.16. The van der Waals surface area contributed by atoms with Crippen molar-refractivity contribution in [2.24, 2.45) is 0 Å². The summed E-state index contributed by atoms with van der Waals surface area (Å²) < 4.78 is 26.9. The van der Waals surface area contributed by atoms with Crippen LogP contribution < -0.4 is 4.72 Å². The molecule has 5 nitrogen and oxygen atoms in total. The summed E-state index contributed by atoms with van der Waals surface area (Å²) in [7, 11) is -3.93. The van der Waals surface area contributed by atoms with E-state index in [1.807, 2.05) is 0 Å². The number of halogens is 2. The molecular weight excluding hydrogens is 349 g/mol. The van der Waals surface area contributed by atoms with Crippen LogP contribution in [0.3, 0.4) is 0 Å². The molecule has 0 amide bonds. The number of anilines is 1. The molecule has 22 heavy (non-hydrogen) atoms. The van der Waals surface area contributed by atoms with E-state index in [2.05, 4.69) is 4.72 Å². The molecule has 2 N–H and O–H groups in total. The minimum absolute atomic E-state index is 0.0722. The molecule has 2 rings (SSSR count). The zero-order valence-electron chi connectivity index (χ0n) is 11.3. The van der Waals surface area contributed by atoms with Crippen molar-refractivity contribution >= 4 is 44.9 Å². The van der Waals surface area contributed by atoms with E-state index in [-0.39, 0.29) is 21.2 Å². The van der Waals surface area contributed by atoms with E-state index >= 15 is 0 Å². The first kappa shape index (κ1) is 16.6. The zero-order chi connectivity index (χ0) is 16.5. The summed E-state index contributed by atoms with van der Waals surface area (Å²) in [5.74, 6) is -1.19. The van der Waals surface area contributed by atoms with E-state index in [9.17, 15) is 13.2 Å². The van der Waals surface area contributed by atoms with Crippen LogP contribution in [-0.2, 0) is 10.0 Å². The number of benzene rings is 2. The molecule has 0 radical (unpaired) electrons. The number of hydrogen-bond acceptors (Lipinski definition) is 3. The fraction of sp³-hybridized carbons (Fsp3) is 0.0714. The third-order valence-electron chi connectivity index (χ3n) is 2.92. The minimum Gasteiger partial charge on any atom is -0.478 e. The van der Waals surface area contributed by atoms with Gasteiger partial charge in [0.25, 0.3) is 10.0 Å². The maximum atomic E-state index is 12.3. The number of aromatic carboxylic acids is 1. The predicted octanol–water partition coefficient (Wildman–Crippen LogP) is 3.80. The van der Waals surface area contributed by atoms with E-state index in [0.717, 1.165) is 6.07 Å². The van der Waals surface area contributed by atoms with Gasteiger partial charge in [0.05, 0.1) is 26.2 Å². The molecule has 116 valence electrons. The number of carbonyl (C=O) groups is 1. The Kier molecular flexibility index (Phi) is 4.65. The lowest BCUT2D eigenvalue weighted by Gasteiger charge is -2.10. The number of nitrogens with one attached hydrogen (secondary N) is 1. The summed E-state index contributed by atoms with van der Waals surface area (Å²) in [6.07, 6.45) is 0. The minimum atomic E-state index is -3.93. The van der Waals surface area contributed by atoms with Gasteiger partial charge < -0.3 is 5.11 Å². The van der Waals surface area contributed by atoms with Crippen molar-refractivity contribution in [3.63, 3.8) is 0 Å². The first-order valence-electron chi connectivity index (χ1n) is 6.02. The van der Waals surface area contributed by atoms with Gasteiger partial charge in [-0.15, -0.1) is 0 Å². The van der Waals surface area contributed by atoms with Crippen molar-refractivity contribution in [2.75, 3.05) is 4.72 Å². The molecule has 2 aromatic carbocycles. The van der Waals surface area contributed by atoms with Crippen molar-refractivity contribution in [3.05, 3.63) is 57.6 Å². The summed E-state index contributed by atoms with van der Waals surface area (Å²) in [6, 6.07) is 8.16. The van der Waals surface area contributed by atoms with Crippen LogP contribution in [0.2, 0.25) is 10.0 Å². The highest BCUT2D eigenvalue weighted by atomic mass is 35.5.